The standard InChI is InChI=1S/C17H21ClO4/c1-2-17(15(19)20)14(12-8-4-5-9-13(12)18)21-16(22-17)10-6-3-7-11-16/h4-5,8-9,14H,2-3,6-7,10-11H2,1H3,(H,19,20)/t14-,17+/m1/s1. The first-order valence-corrected chi connectivity index (χ1v) is 8.27. The highest BCUT2D eigenvalue weighted by Gasteiger charge is 2.61. The van der Waals surface area contributed by atoms with E-state index in [2.05, 4.69) is 0 Å². The summed E-state index contributed by atoms with van der Waals surface area (Å²) in [6.07, 6.45) is 4.26. The maximum atomic E-state index is 12.0. The summed E-state index contributed by atoms with van der Waals surface area (Å²) in [6.45, 7) is 1.82. The first-order chi connectivity index (χ1) is 10.5. The molecule has 120 valence electrons. The van der Waals surface area contributed by atoms with Gasteiger partial charge in [0.15, 0.2) is 11.4 Å². The summed E-state index contributed by atoms with van der Waals surface area (Å²) in [4.78, 5) is 12.0. The number of carbonyl (C=O) groups is 1. The van der Waals surface area contributed by atoms with E-state index < -0.39 is 23.5 Å². The molecule has 3 rings (SSSR count). The van der Waals surface area contributed by atoms with E-state index >= 15 is 0 Å². The van der Waals surface area contributed by atoms with Crippen molar-refractivity contribution in [2.24, 2.45) is 0 Å². The molecule has 0 amide bonds. The zero-order valence-electron chi connectivity index (χ0n) is 12.7. The molecule has 0 aromatic heterocycles. The predicted octanol–water partition coefficient (Wildman–Crippen LogP) is 4.32. The summed E-state index contributed by atoms with van der Waals surface area (Å²) >= 11 is 6.29. The molecule has 0 radical (unpaired) electrons. The van der Waals surface area contributed by atoms with Crippen LogP contribution in [0.2, 0.25) is 5.02 Å². The molecule has 0 unspecified atom stereocenters. The zero-order chi connectivity index (χ0) is 15.8. The van der Waals surface area contributed by atoms with Gasteiger partial charge in [-0.1, -0.05) is 43.1 Å². The lowest BCUT2D eigenvalue weighted by molar-refractivity contribution is -0.214. The number of ether oxygens (including phenoxy) is 2. The summed E-state index contributed by atoms with van der Waals surface area (Å²) < 4.78 is 12.4. The third-order valence-corrected chi connectivity index (χ3v) is 5.16. The van der Waals surface area contributed by atoms with Crippen molar-refractivity contribution in [2.45, 2.75) is 62.9 Å². The lowest BCUT2D eigenvalue weighted by atomic mass is 9.88. The number of hydrogen-bond acceptors (Lipinski definition) is 3. The Morgan fingerprint density at radius 3 is 2.59 bits per heavy atom. The van der Waals surface area contributed by atoms with E-state index in [0.717, 1.165) is 32.1 Å². The van der Waals surface area contributed by atoms with Gasteiger partial charge in [0.05, 0.1) is 0 Å². The van der Waals surface area contributed by atoms with Gasteiger partial charge >= 0.3 is 5.97 Å². The van der Waals surface area contributed by atoms with E-state index in [1.54, 1.807) is 6.07 Å². The van der Waals surface area contributed by atoms with Crippen molar-refractivity contribution in [1.29, 1.82) is 0 Å². The van der Waals surface area contributed by atoms with E-state index in [-0.39, 0.29) is 0 Å². The van der Waals surface area contributed by atoms with Crippen LogP contribution in [0.3, 0.4) is 0 Å². The molecule has 2 fully saturated rings. The van der Waals surface area contributed by atoms with Crippen molar-refractivity contribution < 1.29 is 19.4 Å². The maximum absolute atomic E-state index is 12.0. The summed E-state index contributed by atoms with van der Waals surface area (Å²) in [5.74, 6) is -1.77. The van der Waals surface area contributed by atoms with E-state index in [0.29, 0.717) is 17.0 Å². The third kappa shape index (κ3) is 2.43. The predicted molar refractivity (Wildman–Crippen MR) is 82.8 cm³/mol. The number of halogens is 1. The molecule has 1 aliphatic heterocycles. The smallest absolute Gasteiger partial charge is 0.339 e. The summed E-state index contributed by atoms with van der Waals surface area (Å²) in [5, 5.41) is 10.4. The second-order valence-electron chi connectivity index (χ2n) is 6.14. The Hall–Kier alpha value is -1.10. The quantitative estimate of drug-likeness (QED) is 0.899. The molecule has 1 spiro atoms. The SMILES string of the molecule is CC[C@]1(C(=O)O)OC2(CCCCC2)O[C@@H]1c1ccccc1Cl. The number of carboxylic acid groups (broad SMARTS) is 1. The highest BCUT2D eigenvalue weighted by molar-refractivity contribution is 6.31. The molecule has 1 saturated heterocycles. The highest BCUT2D eigenvalue weighted by Crippen LogP contribution is 2.53. The Labute approximate surface area is 135 Å². The molecular weight excluding hydrogens is 304 g/mol. The second kappa shape index (κ2) is 5.84. The second-order valence-corrected chi connectivity index (χ2v) is 6.55. The molecular formula is C17H21ClO4. The fourth-order valence-electron chi connectivity index (χ4n) is 3.60. The lowest BCUT2D eigenvalue weighted by Gasteiger charge is -2.33. The van der Waals surface area contributed by atoms with Crippen LogP contribution in [0.25, 0.3) is 0 Å². The molecule has 5 heteroatoms. The number of hydrogen-bond donors (Lipinski definition) is 1. The average Bonchev–Trinajstić information content (AvgIpc) is 2.84. The van der Waals surface area contributed by atoms with Crippen molar-refractivity contribution in [1.82, 2.24) is 0 Å². The molecule has 2 atom stereocenters. The fourth-order valence-corrected chi connectivity index (χ4v) is 3.83. The monoisotopic (exact) mass is 324 g/mol. The number of carboxylic acids is 1. The van der Waals surface area contributed by atoms with Crippen LogP contribution in [-0.2, 0) is 14.3 Å². The average molecular weight is 325 g/mol. The minimum atomic E-state index is -1.37. The normalized spacial score (nSPS) is 30.5. The summed E-state index contributed by atoms with van der Waals surface area (Å²) in [5.41, 5.74) is -0.682. The van der Waals surface area contributed by atoms with Gasteiger partial charge in [-0.2, -0.15) is 0 Å². The van der Waals surface area contributed by atoms with Gasteiger partial charge in [-0.05, 0) is 25.3 Å². The Balaban J connectivity index is 2.05. The molecule has 2 aliphatic rings. The van der Waals surface area contributed by atoms with Crippen molar-refractivity contribution in [2.75, 3.05) is 0 Å². The largest absolute Gasteiger partial charge is 0.479 e. The lowest BCUT2D eigenvalue weighted by Crippen LogP contribution is -2.45. The van der Waals surface area contributed by atoms with Gasteiger partial charge in [-0.25, -0.2) is 4.79 Å². The van der Waals surface area contributed by atoms with Gasteiger partial charge in [-0.3, -0.25) is 0 Å². The molecule has 1 aromatic carbocycles. The van der Waals surface area contributed by atoms with Crippen LogP contribution in [-0.4, -0.2) is 22.5 Å². The molecule has 1 saturated carbocycles. The first-order valence-electron chi connectivity index (χ1n) is 7.89. The zero-order valence-corrected chi connectivity index (χ0v) is 13.4. The Morgan fingerprint density at radius 1 is 1.32 bits per heavy atom. The van der Waals surface area contributed by atoms with E-state index in [9.17, 15) is 9.90 Å². The molecule has 1 aromatic rings. The fraction of sp³-hybridized carbons (Fsp3) is 0.588. The van der Waals surface area contributed by atoms with Crippen LogP contribution in [0.1, 0.15) is 57.1 Å². The van der Waals surface area contributed by atoms with Gasteiger partial charge in [0.25, 0.3) is 0 Å². The minimum absolute atomic E-state index is 0.333. The van der Waals surface area contributed by atoms with Crippen LogP contribution in [0.5, 0.6) is 0 Å². The molecule has 1 heterocycles. The Bertz CT molecular complexity index is 568. The summed E-state index contributed by atoms with van der Waals surface area (Å²) in [6, 6.07) is 7.26. The van der Waals surface area contributed by atoms with Crippen LogP contribution in [0.15, 0.2) is 24.3 Å². The van der Waals surface area contributed by atoms with Crippen LogP contribution in [0, 0.1) is 0 Å². The third-order valence-electron chi connectivity index (χ3n) is 4.81. The van der Waals surface area contributed by atoms with Crippen molar-refractivity contribution >= 4 is 17.6 Å². The van der Waals surface area contributed by atoms with Gasteiger partial charge in [0.2, 0.25) is 0 Å². The molecule has 4 nitrogen and oxygen atoms in total. The molecule has 0 bridgehead atoms. The first kappa shape index (κ1) is 15.8. The molecule has 1 aliphatic carbocycles. The molecule has 22 heavy (non-hydrogen) atoms. The van der Waals surface area contributed by atoms with Crippen molar-refractivity contribution in [3.05, 3.63) is 34.9 Å². The van der Waals surface area contributed by atoms with E-state index in [4.69, 9.17) is 21.1 Å². The van der Waals surface area contributed by atoms with Crippen LogP contribution >= 0.6 is 11.6 Å². The van der Waals surface area contributed by atoms with E-state index in [1.165, 1.54) is 0 Å². The van der Waals surface area contributed by atoms with Gasteiger partial charge in [0, 0.05) is 23.4 Å². The van der Waals surface area contributed by atoms with Crippen LogP contribution in [0.4, 0.5) is 0 Å². The van der Waals surface area contributed by atoms with Gasteiger partial charge < -0.3 is 14.6 Å². The highest BCUT2D eigenvalue weighted by atomic mass is 35.5. The summed E-state index contributed by atoms with van der Waals surface area (Å²) in [7, 11) is 0. The molecule has 1 N–H and O–H groups in total. The number of rotatable bonds is 3. The minimum Gasteiger partial charge on any atom is -0.479 e. The van der Waals surface area contributed by atoms with Gasteiger partial charge in [0.1, 0.15) is 6.10 Å². The van der Waals surface area contributed by atoms with E-state index in [1.807, 2.05) is 25.1 Å². The number of aliphatic carboxylic acids is 1. The van der Waals surface area contributed by atoms with Crippen molar-refractivity contribution in [3.8, 4) is 0 Å². The number of benzene rings is 1. The van der Waals surface area contributed by atoms with Gasteiger partial charge in [-0.15, -0.1) is 0 Å². The van der Waals surface area contributed by atoms with Crippen molar-refractivity contribution in [3.63, 3.8) is 0 Å². The van der Waals surface area contributed by atoms with Crippen LogP contribution < -0.4 is 0 Å². The Kier molecular flexibility index (Phi) is 4.19. The maximum Gasteiger partial charge on any atom is 0.339 e. The topological polar surface area (TPSA) is 55.8 Å². The Morgan fingerprint density at radius 2 is 2.00 bits per heavy atom.